The third-order valence-corrected chi connectivity index (χ3v) is 5.67. The van der Waals surface area contributed by atoms with Crippen LogP contribution in [0.1, 0.15) is 46.4 Å². The van der Waals surface area contributed by atoms with Gasteiger partial charge in [0.2, 0.25) is 0 Å². The lowest BCUT2D eigenvalue weighted by atomic mass is 9.86. The highest BCUT2D eigenvalue weighted by Crippen LogP contribution is 2.34. The fourth-order valence-corrected chi connectivity index (χ4v) is 3.84. The van der Waals surface area contributed by atoms with E-state index in [0.717, 1.165) is 16.0 Å². The smallest absolute Gasteiger partial charge is 0.348 e. The number of thiophene rings is 1. The molecule has 0 spiro atoms. The quantitative estimate of drug-likeness (QED) is 0.527. The zero-order chi connectivity index (χ0) is 20.3. The molecule has 28 heavy (non-hydrogen) atoms. The minimum atomic E-state index is -1.00. The molecule has 0 saturated carbocycles. The summed E-state index contributed by atoms with van der Waals surface area (Å²) in [6.07, 6.45) is 0. The predicted octanol–water partition coefficient (Wildman–Crippen LogP) is 5.71. The molecule has 0 bridgehead atoms. The van der Waals surface area contributed by atoms with E-state index in [9.17, 15) is 14.7 Å². The van der Waals surface area contributed by atoms with Gasteiger partial charge in [0, 0.05) is 10.4 Å². The van der Waals surface area contributed by atoms with Crippen LogP contribution in [0.2, 0.25) is 0 Å². The van der Waals surface area contributed by atoms with Gasteiger partial charge in [-0.2, -0.15) is 0 Å². The van der Waals surface area contributed by atoms with E-state index in [1.54, 1.807) is 6.07 Å². The second kappa shape index (κ2) is 7.98. The van der Waals surface area contributed by atoms with Gasteiger partial charge in [0.15, 0.2) is 5.78 Å². The molecule has 0 aliphatic heterocycles. The Morgan fingerprint density at radius 2 is 1.64 bits per heavy atom. The maximum absolute atomic E-state index is 12.5. The standard InChI is InChI=1S/C23H23NO3S/c1-23(2,3)17-11-9-15(10-12-17)19(25)14-24-18-13-20(28-21(18)22(26)27)16-7-5-4-6-8-16/h4-13,24H,14H2,1-3H3,(H,26,27). The van der Waals surface area contributed by atoms with Crippen LogP contribution in [0.25, 0.3) is 10.4 Å². The summed E-state index contributed by atoms with van der Waals surface area (Å²) < 4.78 is 0. The maximum Gasteiger partial charge on any atom is 0.348 e. The Bertz CT molecular complexity index is 983. The molecule has 0 aliphatic rings. The highest BCUT2D eigenvalue weighted by Gasteiger charge is 2.18. The van der Waals surface area contributed by atoms with Crippen LogP contribution in [-0.2, 0) is 5.41 Å². The molecule has 0 fully saturated rings. The van der Waals surface area contributed by atoms with Gasteiger partial charge in [0.05, 0.1) is 12.2 Å². The number of hydrogen-bond donors (Lipinski definition) is 2. The number of carbonyl (C=O) groups excluding carboxylic acids is 1. The van der Waals surface area contributed by atoms with Crippen molar-refractivity contribution in [2.45, 2.75) is 26.2 Å². The molecule has 1 heterocycles. The second-order valence-corrected chi connectivity index (χ2v) is 8.68. The molecule has 0 radical (unpaired) electrons. The average Bonchev–Trinajstić information content (AvgIpc) is 3.11. The highest BCUT2D eigenvalue weighted by molar-refractivity contribution is 7.18. The van der Waals surface area contributed by atoms with Gasteiger partial charge < -0.3 is 10.4 Å². The maximum atomic E-state index is 12.5. The Morgan fingerprint density at radius 1 is 1.00 bits per heavy atom. The Labute approximate surface area is 168 Å². The number of anilines is 1. The number of carboxylic acids is 1. The molecule has 4 nitrogen and oxygen atoms in total. The van der Waals surface area contributed by atoms with Gasteiger partial charge in [-0.25, -0.2) is 4.79 Å². The van der Waals surface area contributed by atoms with Crippen molar-refractivity contribution < 1.29 is 14.7 Å². The lowest BCUT2D eigenvalue weighted by Crippen LogP contribution is -2.16. The van der Waals surface area contributed by atoms with E-state index >= 15 is 0 Å². The molecular weight excluding hydrogens is 370 g/mol. The summed E-state index contributed by atoms with van der Waals surface area (Å²) in [6.45, 7) is 6.42. The molecule has 3 aromatic rings. The van der Waals surface area contributed by atoms with Crippen molar-refractivity contribution in [3.8, 4) is 10.4 Å². The van der Waals surface area contributed by atoms with Crippen molar-refractivity contribution in [2.75, 3.05) is 11.9 Å². The number of carbonyl (C=O) groups is 2. The summed E-state index contributed by atoms with van der Waals surface area (Å²) in [5.74, 6) is -1.08. The van der Waals surface area contributed by atoms with Crippen LogP contribution in [0.15, 0.2) is 60.7 Å². The number of ketones is 1. The van der Waals surface area contributed by atoms with Crippen LogP contribution in [0.4, 0.5) is 5.69 Å². The Kier molecular flexibility index (Phi) is 5.66. The van der Waals surface area contributed by atoms with Crippen LogP contribution in [-0.4, -0.2) is 23.4 Å². The predicted molar refractivity (Wildman–Crippen MR) is 115 cm³/mol. The summed E-state index contributed by atoms with van der Waals surface area (Å²) in [4.78, 5) is 25.2. The van der Waals surface area contributed by atoms with E-state index in [0.29, 0.717) is 11.3 Å². The van der Waals surface area contributed by atoms with Crippen molar-refractivity contribution in [3.63, 3.8) is 0 Å². The molecular formula is C23H23NO3S. The number of benzene rings is 2. The first-order valence-corrected chi connectivity index (χ1v) is 9.87. The van der Waals surface area contributed by atoms with Gasteiger partial charge in [-0.1, -0.05) is 75.4 Å². The number of carboxylic acid groups (broad SMARTS) is 1. The molecule has 1 aromatic heterocycles. The number of rotatable bonds is 6. The van der Waals surface area contributed by atoms with Crippen molar-refractivity contribution in [2.24, 2.45) is 0 Å². The van der Waals surface area contributed by atoms with Crippen molar-refractivity contribution in [1.29, 1.82) is 0 Å². The van der Waals surface area contributed by atoms with E-state index in [-0.39, 0.29) is 22.6 Å². The summed E-state index contributed by atoms with van der Waals surface area (Å²) in [5, 5.41) is 12.5. The van der Waals surface area contributed by atoms with E-state index in [1.165, 1.54) is 11.3 Å². The SMILES string of the molecule is CC(C)(C)c1ccc(C(=O)CNc2cc(-c3ccccc3)sc2C(=O)O)cc1. The van der Waals surface area contributed by atoms with E-state index < -0.39 is 5.97 Å². The Morgan fingerprint density at radius 3 is 2.21 bits per heavy atom. The van der Waals surface area contributed by atoms with Crippen LogP contribution >= 0.6 is 11.3 Å². The van der Waals surface area contributed by atoms with Gasteiger partial charge in [-0.05, 0) is 22.6 Å². The van der Waals surface area contributed by atoms with Crippen LogP contribution in [0, 0.1) is 0 Å². The second-order valence-electron chi connectivity index (χ2n) is 7.63. The topological polar surface area (TPSA) is 66.4 Å². The molecule has 2 N–H and O–H groups in total. The first kappa shape index (κ1) is 19.8. The summed E-state index contributed by atoms with van der Waals surface area (Å²) in [5.41, 5.74) is 3.22. The van der Waals surface area contributed by atoms with Gasteiger partial charge in [0.1, 0.15) is 4.88 Å². The lowest BCUT2D eigenvalue weighted by Gasteiger charge is -2.19. The molecule has 5 heteroatoms. The van der Waals surface area contributed by atoms with Crippen LogP contribution < -0.4 is 5.32 Å². The van der Waals surface area contributed by atoms with Gasteiger partial charge >= 0.3 is 5.97 Å². The fraction of sp³-hybridized carbons (Fsp3) is 0.217. The zero-order valence-electron chi connectivity index (χ0n) is 16.2. The molecule has 0 saturated heterocycles. The van der Waals surface area contributed by atoms with Crippen molar-refractivity contribution in [3.05, 3.63) is 76.7 Å². The number of hydrogen-bond acceptors (Lipinski definition) is 4. The van der Waals surface area contributed by atoms with E-state index in [2.05, 4.69) is 26.1 Å². The van der Waals surface area contributed by atoms with Crippen molar-refractivity contribution >= 4 is 28.8 Å². The average molecular weight is 394 g/mol. The summed E-state index contributed by atoms with van der Waals surface area (Å²) >= 11 is 1.20. The highest BCUT2D eigenvalue weighted by atomic mass is 32.1. The monoisotopic (exact) mass is 393 g/mol. The molecule has 0 amide bonds. The van der Waals surface area contributed by atoms with E-state index in [1.807, 2.05) is 54.6 Å². The first-order chi connectivity index (χ1) is 13.3. The summed E-state index contributed by atoms with van der Waals surface area (Å²) in [6, 6.07) is 19.0. The minimum absolute atomic E-state index is 0.0285. The Balaban J connectivity index is 1.76. The van der Waals surface area contributed by atoms with Crippen LogP contribution in [0.5, 0.6) is 0 Å². The zero-order valence-corrected chi connectivity index (χ0v) is 17.0. The molecule has 0 unspecified atom stereocenters. The lowest BCUT2D eigenvalue weighted by molar-refractivity contribution is 0.0702. The van der Waals surface area contributed by atoms with Gasteiger partial charge in [0.25, 0.3) is 0 Å². The molecule has 144 valence electrons. The van der Waals surface area contributed by atoms with Crippen molar-refractivity contribution in [1.82, 2.24) is 0 Å². The third kappa shape index (κ3) is 4.49. The molecule has 2 aromatic carbocycles. The van der Waals surface area contributed by atoms with E-state index in [4.69, 9.17) is 0 Å². The van der Waals surface area contributed by atoms with Gasteiger partial charge in [-0.3, -0.25) is 4.79 Å². The van der Waals surface area contributed by atoms with Crippen LogP contribution in [0.3, 0.4) is 0 Å². The summed E-state index contributed by atoms with van der Waals surface area (Å²) in [7, 11) is 0. The normalized spacial score (nSPS) is 11.2. The number of Topliss-reactive ketones (excluding diaryl/α,β-unsaturated/α-hetero) is 1. The molecule has 3 rings (SSSR count). The number of nitrogens with one attached hydrogen (secondary N) is 1. The number of aromatic carboxylic acids is 1. The largest absolute Gasteiger partial charge is 0.477 e. The fourth-order valence-electron chi connectivity index (χ4n) is 2.86. The Hall–Kier alpha value is -2.92. The molecule has 0 aliphatic carbocycles. The first-order valence-electron chi connectivity index (χ1n) is 9.06. The third-order valence-electron chi connectivity index (χ3n) is 4.50. The minimum Gasteiger partial charge on any atom is -0.477 e. The van der Waals surface area contributed by atoms with Gasteiger partial charge in [-0.15, -0.1) is 11.3 Å². The molecule has 0 atom stereocenters.